The molecule has 0 aliphatic carbocycles. The largest absolute Gasteiger partial charge is 0.478 e. The summed E-state index contributed by atoms with van der Waals surface area (Å²) < 4.78 is 7.45. The number of carbonyl (C=O) groups is 1. The number of hydrogen-bond acceptors (Lipinski definition) is 5. The van der Waals surface area contributed by atoms with Crippen LogP contribution >= 0.6 is 23.1 Å². The summed E-state index contributed by atoms with van der Waals surface area (Å²) in [4.78, 5) is 15.8. The fourth-order valence-electron chi connectivity index (χ4n) is 1.53. The molecule has 2 heterocycles. The molecule has 19 heavy (non-hydrogen) atoms. The van der Waals surface area contributed by atoms with Crippen LogP contribution < -0.4 is 4.74 Å². The first-order valence-electron chi connectivity index (χ1n) is 5.79. The zero-order valence-corrected chi connectivity index (χ0v) is 12.0. The third kappa shape index (κ3) is 3.51. The molecule has 0 fully saturated rings. The van der Waals surface area contributed by atoms with Crippen LogP contribution in [0.5, 0.6) is 5.88 Å². The molecule has 5 nitrogen and oxygen atoms in total. The second-order valence-corrected chi connectivity index (χ2v) is 5.84. The summed E-state index contributed by atoms with van der Waals surface area (Å²) in [5.41, 5.74) is 0.667. The Morgan fingerprint density at radius 1 is 1.68 bits per heavy atom. The Morgan fingerprint density at radius 3 is 3.26 bits per heavy atom. The van der Waals surface area contributed by atoms with Crippen LogP contribution in [0.3, 0.4) is 0 Å². The average molecular weight is 298 g/mol. The Labute approximate surface area is 118 Å². The molecule has 2 aromatic rings. The van der Waals surface area contributed by atoms with Crippen LogP contribution in [0.1, 0.15) is 12.6 Å². The number of aromatic nitrogens is 2. The molecule has 0 bridgehead atoms. The number of carboxylic acids is 1. The molecule has 0 aliphatic rings. The van der Waals surface area contributed by atoms with Crippen LogP contribution in [0.15, 0.2) is 17.7 Å². The van der Waals surface area contributed by atoms with Crippen LogP contribution in [0.25, 0.3) is 11.0 Å². The van der Waals surface area contributed by atoms with Crippen LogP contribution in [0.4, 0.5) is 0 Å². The van der Waals surface area contributed by atoms with Crippen LogP contribution in [0.2, 0.25) is 0 Å². The molecule has 0 radical (unpaired) electrons. The number of hydrogen-bond donors (Lipinski definition) is 1. The van der Waals surface area contributed by atoms with Crippen LogP contribution in [0, 0.1) is 0 Å². The standard InChI is InChI=1S/C12H14N2O3S2/c1-2-18-8-6-17-11-9(3-4-10(15)16)14-5-7-19-12(14)13-11/h3-5,7H,2,6,8H2,1H3,(H,15,16)/b4-3+. The van der Waals surface area contributed by atoms with E-state index in [0.717, 1.165) is 22.5 Å². The summed E-state index contributed by atoms with van der Waals surface area (Å²) >= 11 is 3.28. The molecule has 0 atom stereocenters. The van der Waals surface area contributed by atoms with Crippen molar-refractivity contribution in [1.82, 2.24) is 9.38 Å². The van der Waals surface area contributed by atoms with E-state index < -0.39 is 5.97 Å². The predicted molar refractivity (Wildman–Crippen MR) is 78.2 cm³/mol. The van der Waals surface area contributed by atoms with Crippen molar-refractivity contribution in [2.45, 2.75) is 6.92 Å². The lowest BCUT2D eigenvalue weighted by Gasteiger charge is -2.03. The zero-order valence-electron chi connectivity index (χ0n) is 10.4. The fourth-order valence-corrected chi connectivity index (χ4v) is 2.74. The van der Waals surface area contributed by atoms with Crippen molar-refractivity contribution in [3.8, 4) is 5.88 Å². The van der Waals surface area contributed by atoms with Gasteiger partial charge in [0, 0.05) is 23.4 Å². The molecule has 0 saturated heterocycles. The third-order valence-electron chi connectivity index (χ3n) is 2.32. The summed E-state index contributed by atoms with van der Waals surface area (Å²) in [6.07, 6.45) is 4.45. The Hall–Kier alpha value is -1.47. The highest BCUT2D eigenvalue weighted by Gasteiger charge is 2.12. The van der Waals surface area contributed by atoms with Gasteiger partial charge in [-0.25, -0.2) is 4.79 Å². The maximum atomic E-state index is 10.6. The van der Waals surface area contributed by atoms with Crippen molar-refractivity contribution in [3.63, 3.8) is 0 Å². The van der Waals surface area contributed by atoms with Gasteiger partial charge in [0.25, 0.3) is 0 Å². The number of imidazole rings is 1. The fraction of sp³-hybridized carbons (Fsp3) is 0.333. The lowest BCUT2D eigenvalue weighted by Crippen LogP contribution is -2.02. The smallest absolute Gasteiger partial charge is 0.328 e. The van der Waals surface area contributed by atoms with Gasteiger partial charge in [-0.2, -0.15) is 16.7 Å². The Morgan fingerprint density at radius 2 is 2.53 bits per heavy atom. The van der Waals surface area contributed by atoms with Crippen molar-refractivity contribution in [2.24, 2.45) is 0 Å². The SMILES string of the molecule is CCSCCOc1nc2sccn2c1/C=C/C(=O)O. The zero-order chi connectivity index (χ0) is 13.7. The van der Waals surface area contributed by atoms with Crippen molar-refractivity contribution in [2.75, 3.05) is 18.1 Å². The van der Waals surface area contributed by atoms with Crippen molar-refractivity contribution in [3.05, 3.63) is 23.3 Å². The van der Waals surface area contributed by atoms with E-state index in [1.165, 1.54) is 17.4 Å². The highest BCUT2D eigenvalue weighted by Crippen LogP contribution is 2.24. The molecule has 0 aliphatic heterocycles. The van der Waals surface area contributed by atoms with E-state index in [4.69, 9.17) is 9.84 Å². The van der Waals surface area contributed by atoms with Gasteiger partial charge in [-0.1, -0.05) is 6.92 Å². The van der Waals surface area contributed by atoms with Gasteiger partial charge in [0.15, 0.2) is 4.96 Å². The molecule has 0 aromatic carbocycles. The van der Waals surface area contributed by atoms with E-state index in [9.17, 15) is 4.79 Å². The van der Waals surface area contributed by atoms with Gasteiger partial charge in [-0.05, 0) is 11.8 Å². The Bertz CT molecular complexity index is 589. The quantitative estimate of drug-likeness (QED) is 0.629. The average Bonchev–Trinajstić information content (AvgIpc) is 2.93. The second kappa shape index (κ2) is 6.63. The number of rotatable bonds is 7. The third-order valence-corrected chi connectivity index (χ3v) is 3.94. The van der Waals surface area contributed by atoms with Crippen molar-refractivity contribution < 1.29 is 14.6 Å². The summed E-state index contributed by atoms with van der Waals surface area (Å²) in [7, 11) is 0. The lowest BCUT2D eigenvalue weighted by atomic mass is 10.4. The number of carboxylic acid groups (broad SMARTS) is 1. The van der Waals surface area contributed by atoms with E-state index in [1.807, 2.05) is 16.0 Å². The van der Waals surface area contributed by atoms with E-state index in [2.05, 4.69) is 11.9 Å². The maximum absolute atomic E-state index is 10.6. The van der Waals surface area contributed by atoms with Gasteiger partial charge in [0.2, 0.25) is 5.88 Å². The molecule has 2 aromatic heterocycles. The first-order chi connectivity index (χ1) is 9.22. The lowest BCUT2D eigenvalue weighted by molar-refractivity contribution is -0.131. The van der Waals surface area contributed by atoms with E-state index >= 15 is 0 Å². The highest BCUT2D eigenvalue weighted by atomic mass is 32.2. The summed E-state index contributed by atoms with van der Waals surface area (Å²) in [5.74, 6) is 1.44. The topological polar surface area (TPSA) is 63.8 Å². The van der Waals surface area contributed by atoms with Gasteiger partial charge in [0.05, 0.1) is 6.61 Å². The number of thiazole rings is 1. The molecule has 0 saturated carbocycles. The molecule has 102 valence electrons. The molecule has 0 amide bonds. The molecular formula is C12H14N2O3S2. The van der Waals surface area contributed by atoms with Crippen molar-refractivity contribution >= 4 is 40.1 Å². The minimum Gasteiger partial charge on any atom is -0.478 e. The molecule has 2 rings (SSSR count). The monoisotopic (exact) mass is 298 g/mol. The van der Waals surface area contributed by atoms with E-state index in [0.29, 0.717) is 18.2 Å². The number of thioether (sulfide) groups is 1. The number of ether oxygens (including phenoxy) is 1. The van der Waals surface area contributed by atoms with Gasteiger partial charge in [0.1, 0.15) is 5.69 Å². The molecule has 1 N–H and O–H groups in total. The normalized spacial score (nSPS) is 11.4. The van der Waals surface area contributed by atoms with Gasteiger partial charge < -0.3 is 9.84 Å². The van der Waals surface area contributed by atoms with E-state index in [-0.39, 0.29) is 0 Å². The molecule has 0 spiro atoms. The molecule has 7 heteroatoms. The molecule has 0 unspecified atom stereocenters. The number of fused-ring (bicyclic) bond motifs is 1. The number of aliphatic carboxylic acids is 1. The first-order valence-corrected chi connectivity index (χ1v) is 7.83. The van der Waals surface area contributed by atoms with Gasteiger partial charge >= 0.3 is 5.97 Å². The number of nitrogens with zero attached hydrogens (tertiary/aromatic N) is 2. The maximum Gasteiger partial charge on any atom is 0.328 e. The minimum atomic E-state index is -0.988. The summed E-state index contributed by atoms with van der Waals surface area (Å²) in [5, 5.41) is 10.6. The summed E-state index contributed by atoms with van der Waals surface area (Å²) in [6.45, 7) is 2.66. The predicted octanol–water partition coefficient (Wildman–Crippen LogP) is 2.63. The second-order valence-electron chi connectivity index (χ2n) is 3.57. The van der Waals surface area contributed by atoms with E-state index in [1.54, 1.807) is 11.8 Å². The Balaban J connectivity index is 2.18. The van der Waals surface area contributed by atoms with Crippen LogP contribution in [-0.4, -0.2) is 38.6 Å². The highest BCUT2D eigenvalue weighted by molar-refractivity contribution is 7.99. The van der Waals surface area contributed by atoms with Crippen LogP contribution in [-0.2, 0) is 4.79 Å². The van der Waals surface area contributed by atoms with Crippen molar-refractivity contribution in [1.29, 1.82) is 0 Å². The van der Waals surface area contributed by atoms with Gasteiger partial charge in [-0.3, -0.25) is 4.40 Å². The first kappa shape index (κ1) is 14.0. The molecular weight excluding hydrogens is 284 g/mol. The summed E-state index contributed by atoms with van der Waals surface area (Å²) in [6, 6.07) is 0. The Kier molecular flexibility index (Phi) is 4.86. The minimum absolute atomic E-state index is 0.487. The van der Waals surface area contributed by atoms with Gasteiger partial charge in [-0.15, -0.1) is 11.3 Å².